The number of hydrogen-bond donors (Lipinski definition) is 2. The Hall–Kier alpha value is -1.34. The molecule has 2 rings (SSSR count). The minimum absolute atomic E-state index is 0.368. The molecule has 0 amide bonds. The number of nitrogens with one attached hydrogen (secondary N) is 1. The zero-order valence-electron chi connectivity index (χ0n) is 10.2. The maximum absolute atomic E-state index is 12.1. The summed E-state index contributed by atoms with van der Waals surface area (Å²) in [6.07, 6.45) is 5.44. The second-order valence-corrected chi connectivity index (χ2v) is 6.06. The third kappa shape index (κ3) is 3.33. The largest absolute Gasteiger partial charge is 0.384 e. The van der Waals surface area contributed by atoms with Crippen molar-refractivity contribution >= 4 is 21.7 Å². The molecule has 1 aliphatic rings. The molecule has 1 saturated heterocycles. The fourth-order valence-corrected chi connectivity index (χ4v) is 3.25. The van der Waals surface area contributed by atoms with E-state index in [9.17, 15) is 8.42 Å². The van der Waals surface area contributed by atoms with Gasteiger partial charge in [-0.25, -0.2) is 4.98 Å². The maximum atomic E-state index is 12.1. The van der Waals surface area contributed by atoms with Crippen LogP contribution in [0.5, 0.6) is 0 Å². The van der Waals surface area contributed by atoms with Crippen LogP contribution in [0, 0.1) is 0 Å². The molecular weight excluding hydrogens is 252 g/mol. The minimum atomic E-state index is -3.47. The molecule has 1 aromatic heterocycles. The third-order valence-corrected chi connectivity index (χ3v) is 4.48. The van der Waals surface area contributed by atoms with Crippen LogP contribution in [0.4, 0.5) is 11.5 Å². The topological polar surface area (TPSA) is 88.3 Å². The molecular formula is C11H18N4O2S. The number of rotatable bonds is 3. The third-order valence-electron chi connectivity index (χ3n) is 2.94. The first-order chi connectivity index (χ1) is 8.58. The zero-order valence-corrected chi connectivity index (χ0v) is 11.0. The van der Waals surface area contributed by atoms with Gasteiger partial charge in [0, 0.05) is 13.1 Å². The Kier molecular flexibility index (Phi) is 4.03. The second-order valence-electron chi connectivity index (χ2n) is 4.39. The maximum Gasteiger partial charge on any atom is 0.301 e. The lowest BCUT2D eigenvalue weighted by Gasteiger charge is -2.20. The van der Waals surface area contributed by atoms with Gasteiger partial charge in [0.2, 0.25) is 0 Å². The average Bonchev–Trinajstić information content (AvgIpc) is 2.61. The van der Waals surface area contributed by atoms with Gasteiger partial charge in [0.15, 0.2) is 0 Å². The van der Waals surface area contributed by atoms with Crippen molar-refractivity contribution in [3.05, 3.63) is 18.3 Å². The lowest BCUT2D eigenvalue weighted by molar-refractivity contribution is 0.427. The molecule has 6 nitrogen and oxygen atoms in total. The van der Waals surface area contributed by atoms with E-state index in [2.05, 4.69) is 9.71 Å². The predicted octanol–water partition coefficient (Wildman–Crippen LogP) is 1.20. The molecule has 0 radical (unpaired) electrons. The second kappa shape index (κ2) is 5.53. The summed E-state index contributed by atoms with van der Waals surface area (Å²) in [5.74, 6) is 0.368. The summed E-state index contributed by atoms with van der Waals surface area (Å²) in [6, 6.07) is 3.18. The van der Waals surface area contributed by atoms with Gasteiger partial charge in [0.1, 0.15) is 5.82 Å². The highest BCUT2D eigenvalue weighted by Crippen LogP contribution is 2.16. The van der Waals surface area contributed by atoms with E-state index in [-0.39, 0.29) is 0 Å². The highest BCUT2D eigenvalue weighted by molar-refractivity contribution is 7.90. The summed E-state index contributed by atoms with van der Waals surface area (Å²) in [5, 5.41) is 0. The van der Waals surface area contributed by atoms with Crippen molar-refractivity contribution in [2.24, 2.45) is 0 Å². The minimum Gasteiger partial charge on any atom is -0.384 e. The molecule has 0 aliphatic carbocycles. The Labute approximate surface area is 107 Å². The summed E-state index contributed by atoms with van der Waals surface area (Å²) < 4.78 is 28.3. The van der Waals surface area contributed by atoms with Crippen molar-refractivity contribution in [3.8, 4) is 0 Å². The lowest BCUT2D eigenvalue weighted by atomic mass is 10.2. The number of pyridine rings is 1. The molecule has 18 heavy (non-hydrogen) atoms. The molecule has 100 valence electrons. The Balaban J connectivity index is 2.08. The fourth-order valence-electron chi connectivity index (χ4n) is 1.96. The Morgan fingerprint density at radius 3 is 2.39 bits per heavy atom. The lowest BCUT2D eigenvalue weighted by Crippen LogP contribution is -2.36. The van der Waals surface area contributed by atoms with Crippen LogP contribution < -0.4 is 10.5 Å². The number of nitrogens with two attached hydrogens (primary N) is 1. The zero-order chi connectivity index (χ0) is 13.0. The Morgan fingerprint density at radius 2 is 1.83 bits per heavy atom. The molecule has 1 fully saturated rings. The predicted molar refractivity (Wildman–Crippen MR) is 71.2 cm³/mol. The molecule has 0 saturated carbocycles. The first-order valence-corrected chi connectivity index (χ1v) is 7.51. The Bertz CT molecular complexity index is 478. The normalized spacial score (nSPS) is 18.2. The van der Waals surface area contributed by atoms with Crippen LogP contribution in [0.3, 0.4) is 0 Å². The molecule has 7 heteroatoms. The highest BCUT2D eigenvalue weighted by atomic mass is 32.2. The van der Waals surface area contributed by atoms with Crippen LogP contribution in [-0.4, -0.2) is 30.8 Å². The standard InChI is InChI=1S/C11H18N4O2S/c12-11-6-5-10(9-13-11)14-18(16,17)15-7-3-1-2-4-8-15/h5-6,9,14H,1-4,7-8H2,(H2,12,13). The van der Waals surface area contributed by atoms with Crippen molar-refractivity contribution < 1.29 is 8.42 Å². The monoisotopic (exact) mass is 270 g/mol. The molecule has 3 N–H and O–H groups in total. The highest BCUT2D eigenvalue weighted by Gasteiger charge is 2.22. The summed E-state index contributed by atoms with van der Waals surface area (Å²) in [5.41, 5.74) is 5.89. The average molecular weight is 270 g/mol. The first kappa shape index (κ1) is 13.1. The van der Waals surface area contributed by atoms with Gasteiger partial charge in [-0.2, -0.15) is 12.7 Å². The van der Waals surface area contributed by atoms with Crippen molar-refractivity contribution in [1.29, 1.82) is 0 Å². The van der Waals surface area contributed by atoms with E-state index in [1.165, 1.54) is 10.5 Å². The molecule has 2 heterocycles. The molecule has 0 atom stereocenters. The SMILES string of the molecule is Nc1ccc(NS(=O)(=O)N2CCCCCC2)cn1. The van der Waals surface area contributed by atoms with Crippen LogP contribution in [0.1, 0.15) is 25.7 Å². The van der Waals surface area contributed by atoms with Crippen LogP contribution in [-0.2, 0) is 10.2 Å². The van der Waals surface area contributed by atoms with Gasteiger partial charge in [0.05, 0.1) is 11.9 Å². The van der Waals surface area contributed by atoms with E-state index >= 15 is 0 Å². The number of aromatic nitrogens is 1. The molecule has 0 unspecified atom stereocenters. The van der Waals surface area contributed by atoms with Crippen LogP contribution in [0.15, 0.2) is 18.3 Å². The van der Waals surface area contributed by atoms with E-state index in [1.54, 1.807) is 12.1 Å². The molecule has 1 aliphatic heterocycles. The van der Waals surface area contributed by atoms with Crippen molar-refractivity contribution in [2.45, 2.75) is 25.7 Å². The summed E-state index contributed by atoms with van der Waals surface area (Å²) in [7, 11) is -3.47. The van der Waals surface area contributed by atoms with Crippen molar-refractivity contribution in [1.82, 2.24) is 9.29 Å². The van der Waals surface area contributed by atoms with E-state index in [0.717, 1.165) is 25.7 Å². The summed E-state index contributed by atoms with van der Waals surface area (Å²) in [6.45, 7) is 1.16. The van der Waals surface area contributed by atoms with E-state index in [4.69, 9.17) is 5.73 Å². The van der Waals surface area contributed by atoms with Gasteiger partial charge in [0.25, 0.3) is 0 Å². The van der Waals surface area contributed by atoms with E-state index < -0.39 is 10.2 Å². The van der Waals surface area contributed by atoms with Gasteiger partial charge >= 0.3 is 10.2 Å². The number of anilines is 2. The summed E-state index contributed by atoms with van der Waals surface area (Å²) in [4.78, 5) is 3.86. The van der Waals surface area contributed by atoms with Gasteiger partial charge in [-0.3, -0.25) is 4.72 Å². The molecule has 0 spiro atoms. The smallest absolute Gasteiger partial charge is 0.301 e. The fraction of sp³-hybridized carbons (Fsp3) is 0.545. The molecule has 0 bridgehead atoms. The number of hydrogen-bond acceptors (Lipinski definition) is 4. The van der Waals surface area contributed by atoms with E-state index in [1.807, 2.05) is 0 Å². The van der Waals surface area contributed by atoms with E-state index in [0.29, 0.717) is 24.6 Å². The molecule has 1 aromatic rings. The van der Waals surface area contributed by atoms with Crippen LogP contribution in [0.2, 0.25) is 0 Å². The Morgan fingerprint density at radius 1 is 1.17 bits per heavy atom. The number of nitrogen functional groups attached to an aromatic ring is 1. The van der Waals surface area contributed by atoms with Crippen LogP contribution >= 0.6 is 0 Å². The van der Waals surface area contributed by atoms with Gasteiger partial charge in [-0.1, -0.05) is 12.8 Å². The van der Waals surface area contributed by atoms with Crippen molar-refractivity contribution in [3.63, 3.8) is 0 Å². The van der Waals surface area contributed by atoms with Gasteiger partial charge < -0.3 is 5.73 Å². The first-order valence-electron chi connectivity index (χ1n) is 6.07. The van der Waals surface area contributed by atoms with Gasteiger partial charge in [-0.15, -0.1) is 0 Å². The van der Waals surface area contributed by atoms with Crippen molar-refractivity contribution in [2.75, 3.05) is 23.5 Å². The van der Waals surface area contributed by atoms with Crippen LogP contribution in [0.25, 0.3) is 0 Å². The van der Waals surface area contributed by atoms with Gasteiger partial charge in [-0.05, 0) is 25.0 Å². The molecule has 0 aromatic carbocycles. The number of nitrogens with zero attached hydrogens (tertiary/aromatic N) is 2. The summed E-state index contributed by atoms with van der Waals surface area (Å²) >= 11 is 0. The quantitative estimate of drug-likeness (QED) is 0.863.